The van der Waals surface area contributed by atoms with Gasteiger partial charge in [-0.2, -0.15) is 0 Å². The molecule has 0 aliphatic carbocycles. The van der Waals surface area contributed by atoms with Gasteiger partial charge in [-0.15, -0.1) is 0 Å². The Bertz CT molecular complexity index is 1220. The Morgan fingerprint density at radius 3 is 2.56 bits per heavy atom. The third-order valence-corrected chi connectivity index (χ3v) is 7.02. The van der Waals surface area contributed by atoms with E-state index in [1.165, 1.54) is 31.5 Å². The smallest absolute Gasteiger partial charge is 0.262 e. The average molecular weight is 479 g/mol. The molecule has 6 nitrogen and oxygen atoms in total. The second-order valence-corrected chi connectivity index (χ2v) is 9.83. The van der Waals surface area contributed by atoms with Gasteiger partial charge in [-0.1, -0.05) is 37.6 Å². The van der Waals surface area contributed by atoms with Crippen LogP contribution < -0.4 is 10.9 Å². The molecule has 180 valence electrons. The van der Waals surface area contributed by atoms with Gasteiger partial charge in [-0.25, -0.2) is 0 Å². The summed E-state index contributed by atoms with van der Waals surface area (Å²) >= 11 is 5.36. The standard InChI is InChI=1S/C27H34N4O2S/c1-20-14-17-30(18-15-20)19-21-10-12-22(13-11-21)28-25(32)9-3-2-6-16-31-26(33)23-7-4-5-8-24(23)29-27(31)34/h4-5,7-8,10-13,20H,2-3,6,9,14-19H2,1H3,(H,28,32)(H,29,34). The maximum absolute atomic E-state index is 12.7. The van der Waals surface area contributed by atoms with Crippen LogP contribution in [-0.2, 0) is 17.9 Å². The second-order valence-electron chi connectivity index (χ2n) is 9.45. The number of anilines is 1. The Hall–Kier alpha value is -2.77. The summed E-state index contributed by atoms with van der Waals surface area (Å²) in [6.45, 7) is 6.20. The van der Waals surface area contributed by atoms with E-state index in [9.17, 15) is 9.59 Å². The number of H-pyrrole nitrogens is 1. The van der Waals surface area contributed by atoms with Gasteiger partial charge in [0.15, 0.2) is 4.77 Å². The number of carbonyl (C=O) groups excluding carboxylic acids is 1. The molecule has 0 bridgehead atoms. The first kappa shape index (κ1) is 24.4. The molecular formula is C27H34N4O2S. The Labute approximate surface area is 206 Å². The molecule has 1 aromatic heterocycles. The molecule has 34 heavy (non-hydrogen) atoms. The van der Waals surface area contributed by atoms with Gasteiger partial charge in [0, 0.05) is 25.2 Å². The number of nitrogens with zero attached hydrogens (tertiary/aromatic N) is 2. The minimum atomic E-state index is -0.0598. The third kappa shape index (κ3) is 6.42. The highest BCUT2D eigenvalue weighted by Gasteiger charge is 2.15. The Balaban J connectivity index is 1.18. The van der Waals surface area contributed by atoms with Crippen LogP contribution in [0.15, 0.2) is 53.3 Å². The number of hydrogen-bond donors (Lipinski definition) is 2. The van der Waals surface area contributed by atoms with E-state index in [4.69, 9.17) is 12.2 Å². The Morgan fingerprint density at radius 1 is 1.06 bits per heavy atom. The number of unbranched alkanes of at least 4 members (excludes halogenated alkanes) is 2. The summed E-state index contributed by atoms with van der Waals surface area (Å²) in [5.41, 5.74) is 2.83. The fourth-order valence-electron chi connectivity index (χ4n) is 4.53. The minimum Gasteiger partial charge on any atom is -0.332 e. The topological polar surface area (TPSA) is 70.1 Å². The van der Waals surface area contributed by atoms with Crippen molar-refractivity contribution in [3.8, 4) is 0 Å². The first-order chi connectivity index (χ1) is 16.5. The number of nitrogens with one attached hydrogen (secondary N) is 2. The predicted molar refractivity (Wildman–Crippen MR) is 141 cm³/mol. The van der Waals surface area contributed by atoms with Gasteiger partial charge in [0.05, 0.1) is 10.9 Å². The molecule has 0 atom stereocenters. The molecule has 1 aliphatic heterocycles. The summed E-state index contributed by atoms with van der Waals surface area (Å²) in [7, 11) is 0. The lowest BCUT2D eigenvalue weighted by Crippen LogP contribution is -2.32. The number of piperidine rings is 1. The number of fused-ring (bicyclic) bond motifs is 1. The summed E-state index contributed by atoms with van der Waals surface area (Å²) < 4.78 is 2.06. The summed E-state index contributed by atoms with van der Waals surface area (Å²) in [4.78, 5) is 30.7. The number of likely N-dealkylation sites (tertiary alicyclic amines) is 1. The number of para-hydroxylation sites is 1. The van der Waals surface area contributed by atoms with Gasteiger partial charge in [-0.3, -0.25) is 19.1 Å². The number of aromatic nitrogens is 2. The Morgan fingerprint density at radius 2 is 1.79 bits per heavy atom. The van der Waals surface area contributed by atoms with Gasteiger partial charge < -0.3 is 10.3 Å². The van der Waals surface area contributed by atoms with Crippen LogP contribution in [0.2, 0.25) is 0 Å². The van der Waals surface area contributed by atoms with E-state index >= 15 is 0 Å². The van der Waals surface area contributed by atoms with E-state index < -0.39 is 0 Å². The highest BCUT2D eigenvalue weighted by Crippen LogP contribution is 2.19. The van der Waals surface area contributed by atoms with Crippen molar-refractivity contribution in [2.24, 2.45) is 5.92 Å². The van der Waals surface area contributed by atoms with Gasteiger partial charge in [0.2, 0.25) is 5.91 Å². The van der Waals surface area contributed by atoms with Gasteiger partial charge >= 0.3 is 0 Å². The molecule has 2 N–H and O–H groups in total. The van der Waals surface area contributed by atoms with Crippen LogP contribution in [0.25, 0.3) is 10.9 Å². The fourth-order valence-corrected chi connectivity index (χ4v) is 4.81. The molecule has 1 saturated heterocycles. The average Bonchev–Trinajstić information content (AvgIpc) is 2.83. The van der Waals surface area contributed by atoms with Gasteiger partial charge in [0.1, 0.15) is 0 Å². The van der Waals surface area contributed by atoms with Crippen molar-refractivity contribution in [3.63, 3.8) is 0 Å². The lowest BCUT2D eigenvalue weighted by molar-refractivity contribution is -0.116. The van der Waals surface area contributed by atoms with Crippen LogP contribution in [0, 0.1) is 10.7 Å². The van der Waals surface area contributed by atoms with Crippen molar-refractivity contribution in [1.29, 1.82) is 0 Å². The largest absolute Gasteiger partial charge is 0.332 e. The third-order valence-electron chi connectivity index (χ3n) is 6.70. The molecule has 0 saturated carbocycles. The maximum atomic E-state index is 12.7. The van der Waals surface area contributed by atoms with Gasteiger partial charge in [-0.05, 0) is 86.7 Å². The lowest BCUT2D eigenvalue weighted by Gasteiger charge is -2.30. The second kappa shape index (κ2) is 11.6. The molecule has 2 heterocycles. The zero-order valence-corrected chi connectivity index (χ0v) is 20.7. The molecule has 4 rings (SSSR count). The molecule has 7 heteroatoms. The van der Waals surface area contributed by atoms with Crippen LogP contribution in [0.1, 0.15) is 51.0 Å². The number of amides is 1. The van der Waals surface area contributed by atoms with Crippen molar-refractivity contribution in [2.75, 3.05) is 18.4 Å². The number of hydrogen-bond acceptors (Lipinski definition) is 4. The van der Waals surface area contributed by atoms with E-state index in [0.29, 0.717) is 23.1 Å². The summed E-state index contributed by atoms with van der Waals surface area (Å²) in [6.07, 6.45) is 5.45. The zero-order chi connectivity index (χ0) is 23.9. The van der Waals surface area contributed by atoms with Crippen LogP contribution >= 0.6 is 12.2 Å². The van der Waals surface area contributed by atoms with Crippen molar-refractivity contribution < 1.29 is 4.79 Å². The molecule has 0 radical (unpaired) electrons. The molecule has 1 fully saturated rings. The lowest BCUT2D eigenvalue weighted by atomic mass is 9.99. The molecule has 1 aliphatic rings. The highest BCUT2D eigenvalue weighted by molar-refractivity contribution is 7.71. The van der Waals surface area contributed by atoms with Crippen molar-refractivity contribution in [1.82, 2.24) is 14.5 Å². The van der Waals surface area contributed by atoms with Crippen molar-refractivity contribution in [2.45, 2.75) is 58.5 Å². The molecule has 3 aromatic rings. The normalized spacial score (nSPS) is 15.0. The van der Waals surface area contributed by atoms with E-state index in [1.807, 2.05) is 36.4 Å². The maximum Gasteiger partial charge on any atom is 0.262 e. The quantitative estimate of drug-likeness (QED) is 0.315. The zero-order valence-electron chi connectivity index (χ0n) is 19.9. The monoisotopic (exact) mass is 478 g/mol. The van der Waals surface area contributed by atoms with E-state index in [0.717, 1.165) is 42.9 Å². The SMILES string of the molecule is CC1CCN(Cc2ccc(NC(=O)CCCCCn3c(=S)[nH]c4ccccc4c3=O)cc2)CC1. The molecule has 0 unspecified atom stereocenters. The predicted octanol–water partition coefficient (Wildman–Crippen LogP) is 5.49. The minimum absolute atomic E-state index is 0.0259. The molecule has 0 spiro atoms. The number of benzene rings is 2. The van der Waals surface area contributed by atoms with Crippen LogP contribution in [0.5, 0.6) is 0 Å². The Kier molecular flexibility index (Phi) is 8.29. The van der Waals surface area contributed by atoms with Crippen LogP contribution in [0.3, 0.4) is 0 Å². The van der Waals surface area contributed by atoms with Crippen molar-refractivity contribution >= 4 is 34.7 Å². The number of rotatable bonds is 9. The highest BCUT2D eigenvalue weighted by atomic mass is 32.1. The fraction of sp³-hybridized carbons (Fsp3) is 0.444. The summed E-state index contributed by atoms with van der Waals surface area (Å²) in [5, 5.41) is 3.64. The molecule has 2 aromatic carbocycles. The van der Waals surface area contributed by atoms with E-state index in [2.05, 4.69) is 34.3 Å². The van der Waals surface area contributed by atoms with Crippen LogP contribution in [-0.4, -0.2) is 33.4 Å². The summed E-state index contributed by atoms with van der Waals surface area (Å²) in [6, 6.07) is 15.6. The first-order valence-electron chi connectivity index (χ1n) is 12.3. The van der Waals surface area contributed by atoms with E-state index in [1.54, 1.807) is 4.57 Å². The first-order valence-corrected chi connectivity index (χ1v) is 12.7. The molecular weight excluding hydrogens is 444 g/mol. The van der Waals surface area contributed by atoms with E-state index in [-0.39, 0.29) is 11.5 Å². The van der Waals surface area contributed by atoms with Crippen molar-refractivity contribution in [3.05, 3.63) is 69.2 Å². The number of aromatic amines is 1. The van der Waals surface area contributed by atoms with Crippen LogP contribution in [0.4, 0.5) is 5.69 Å². The van der Waals surface area contributed by atoms with Gasteiger partial charge in [0.25, 0.3) is 5.56 Å². The summed E-state index contributed by atoms with van der Waals surface area (Å²) in [5.74, 6) is 0.867. The number of carbonyl (C=O) groups is 1. The molecule has 1 amide bonds.